The van der Waals surface area contributed by atoms with Crippen molar-refractivity contribution >= 4 is 5.97 Å². The number of carbonyl (C=O) groups excluding carboxylic acids is 1. The van der Waals surface area contributed by atoms with Gasteiger partial charge in [-0.3, -0.25) is 9.88 Å². The maximum atomic E-state index is 11.6. The standard InChI is InChI=1S/C13H18N2O3/c1-18-13(17)11-5-2-6-14-12(11)8-15-7-3-4-10(15)9-16/h2,5-6,10,16H,3-4,7-9H2,1H3. The van der Waals surface area contributed by atoms with Crippen LogP contribution < -0.4 is 0 Å². The number of aromatic nitrogens is 1. The summed E-state index contributed by atoms with van der Waals surface area (Å²) in [4.78, 5) is 18.0. The zero-order chi connectivity index (χ0) is 13.0. The average molecular weight is 250 g/mol. The molecule has 1 atom stereocenters. The summed E-state index contributed by atoms with van der Waals surface area (Å²) in [5, 5.41) is 9.29. The van der Waals surface area contributed by atoms with Crippen LogP contribution in [0.15, 0.2) is 18.3 Å². The van der Waals surface area contributed by atoms with E-state index in [1.54, 1.807) is 18.3 Å². The van der Waals surface area contributed by atoms with Gasteiger partial charge >= 0.3 is 5.97 Å². The molecule has 5 nitrogen and oxygen atoms in total. The molecule has 0 amide bonds. The Balaban J connectivity index is 2.16. The molecule has 98 valence electrons. The lowest BCUT2D eigenvalue weighted by Crippen LogP contribution is -2.32. The average Bonchev–Trinajstić information content (AvgIpc) is 2.86. The second-order valence-corrected chi connectivity index (χ2v) is 4.44. The number of methoxy groups -OCH3 is 1. The molecule has 1 unspecified atom stereocenters. The minimum absolute atomic E-state index is 0.153. The molecule has 0 radical (unpaired) electrons. The minimum Gasteiger partial charge on any atom is -0.465 e. The fraction of sp³-hybridized carbons (Fsp3) is 0.538. The highest BCUT2D eigenvalue weighted by Gasteiger charge is 2.25. The van der Waals surface area contributed by atoms with E-state index >= 15 is 0 Å². The molecule has 0 saturated carbocycles. The molecule has 1 aromatic heterocycles. The maximum absolute atomic E-state index is 11.6. The fourth-order valence-corrected chi connectivity index (χ4v) is 2.36. The Morgan fingerprint density at radius 2 is 2.50 bits per heavy atom. The summed E-state index contributed by atoms with van der Waals surface area (Å²) in [5.74, 6) is -0.363. The predicted molar refractivity (Wildman–Crippen MR) is 66.1 cm³/mol. The summed E-state index contributed by atoms with van der Waals surface area (Å²) < 4.78 is 4.75. The molecule has 2 heterocycles. The van der Waals surface area contributed by atoms with Gasteiger partial charge in [0.15, 0.2) is 0 Å². The van der Waals surface area contributed by atoms with Crippen molar-refractivity contribution in [3.05, 3.63) is 29.6 Å². The summed E-state index contributed by atoms with van der Waals surface area (Å²) in [6.07, 6.45) is 3.74. The first kappa shape index (κ1) is 13.0. The van der Waals surface area contributed by atoms with E-state index < -0.39 is 0 Å². The molecule has 0 aromatic carbocycles. The number of rotatable bonds is 4. The summed E-state index contributed by atoms with van der Waals surface area (Å²) >= 11 is 0. The van der Waals surface area contributed by atoms with Gasteiger partial charge in [0.05, 0.1) is 25.0 Å². The molecular formula is C13H18N2O3. The van der Waals surface area contributed by atoms with E-state index in [9.17, 15) is 9.90 Å². The van der Waals surface area contributed by atoms with Gasteiger partial charge in [0.25, 0.3) is 0 Å². The number of ether oxygens (including phenoxy) is 1. The van der Waals surface area contributed by atoms with Crippen LogP contribution in [0.1, 0.15) is 28.9 Å². The molecule has 1 aliphatic heterocycles. The van der Waals surface area contributed by atoms with Gasteiger partial charge in [-0.2, -0.15) is 0 Å². The van der Waals surface area contributed by atoms with Crippen molar-refractivity contribution in [3.8, 4) is 0 Å². The number of aliphatic hydroxyl groups excluding tert-OH is 1. The van der Waals surface area contributed by atoms with Gasteiger partial charge in [-0.05, 0) is 31.5 Å². The highest BCUT2D eigenvalue weighted by molar-refractivity contribution is 5.90. The second-order valence-electron chi connectivity index (χ2n) is 4.44. The Morgan fingerprint density at radius 1 is 1.67 bits per heavy atom. The van der Waals surface area contributed by atoms with Crippen LogP contribution in [-0.2, 0) is 11.3 Å². The van der Waals surface area contributed by atoms with Gasteiger partial charge < -0.3 is 9.84 Å². The molecule has 1 saturated heterocycles. The number of carbonyl (C=O) groups is 1. The fourth-order valence-electron chi connectivity index (χ4n) is 2.36. The van der Waals surface area contributed by atoms with Gasteiger partial charge in [0.2, 0.25) is 0 Å². The van der Waals surface area contributed by atoms with E-state index in [0.717, 1.165) is 19.4 Å². The third-order valence-electron chi connectivity index (χ3n) is 3.36. The molecule has 18 heavy (non-hydrogen) atoms. The van der Waals surface area contributed by atoms with E-state index in [1.807, 2.05) is 0 Å². The lowest BCUT2D eigenvalue weighted by atomic mass is 10.1. The van der Waals surface area contributed by atoms with Crippen molar-refractivity contribution in [3.63, 3.8) is 0 Å². The maximum Gasteiger partial charge on any atom is 0.339 e. The van der Waals surface area contributed by atoms with Crippen molar-refractivity contribution < 1.29 is 14.6 Å². The van der Waals surface area contributed by atoms with Gasteiger partial charge in [-0.25, -0.2) is 4.79 Å². The highest BCUT2D eigenvalue weighted by atomic mass is 16.5. The van der Waals surface area contributed by atoms with Gasteiger partial charge in [-0.15, -0.1) is 0 Å². The first-order valence-electron chi connectivity index (χ1n) is 6.13. The second kappa shape index (κ2) is 5.93. The third kappa shape index (κ3) is 2.68. The molecule has 5 heteroatoms. The molecule has 1 N–H and O–H groups in total. The van der Waals surface area contributed by atoms with E-state index in [4.69, 9.17) is 4.74 Å². The van der Waals surface area contributed by atoms with E-state index in [0.29, 0.717) is 17.8 Å². The van der Waals surface area contributed by atoms with Crippen molar-refractivity contribution in [1.82, 2.24) is 9.88 Å². The molecule has 1 aromatic rings. The van der Waals surface area contributed by atoms with Crippen molar-refractivity contribution in [2.24, 2.45) is 0 Å². The first-order chi connectivity index (χ1) is 8.76. The smallest absolute Gasteiger partial charge is 0.339 e. The number of esters is 1. The van der Waals surface area contributed by atoms with Crippen LogP contribution >= 0.6 is 0 Å². The molecule has 1 aliphatic rings. The Morgan fingerprint density at radius 3 is 3.22 bits per heavy atom. The topological polar surface area (TPSA) is 62.7 Å². The molecule has 0 spiro atoms. The van der Waals surface area contributed by atoms with Gasteiger partial charge in [0.1, 0.15) is 0 Å². The molecule has 0 aliphatic carbocycles. The largest absolute Gasteiger partial charge is 0.465 e. The summed E-state index contributed by atoms with van der Waals surface area (Å²) in [7, 11) is 1.37. The minimum atomic E-state index is -0.363. The Labute approximate surface area is 106 Å². The summed E-state index contributed by atoms with van der Waals surface area (Å²) in [5.41, 5.74) is 1.22. The Kier molecular flexibility index (Phi) is 4.28. The lowest BCUT2D eigenvalue weighted by molar-refractivity contribution is 0.0596. The van der Waals surface area contributed by atoms with Crippen molar-refractivity contribution in [1.29, 1.82) is 0 Å². The number of nitrogens with zero attached hydrogens (tertiary/aromatic N) is 2. The molecular weight excluding hydrogens is 232 g/mol. The van der Waals surface area contributed by atoms with Crippen LogP contribution in [0.2, 0.25) is 0 Å². The molecule has 0 bridgehead atoms. The molecule has 2 rings (SSSR count). The van der Waals surface area contributed by atoms with Gasteiger partial charge in [0, 0.05) is 18.8 Å². The highest BCUT2D eigenvalue weighted by Crippen LogP contribution is 2.20. The van der Waals surface area contributed by atoms with E-state index in [2.05, 4.69) is 9.88 Å². The summed E-state index contributed by atoms with van der Waals surface area (Å²) in [6.45, 7) is 1.67. The number of likely N-dealkylation sites (tertiary alicyclic amines) is 1. The Bertz CT molecular complexity index is 422. The first-order valence-corrected chi connectivity index (χ1v) is 6.13. The lowest BCUT2D eigenvalue weighted by Gasteiger charge is -2.22. The monoisotopic (exact) mass is 250 g/mol. The van der Waals surface area contributed by atoms with Crippen LogP contribution in [0, 0.1) is 0 Å². The van der Waals surface area contributed by atoms with Crippen LogP contribution in [-0.4, -0.2) is 47.3 Å². The Hall–Kier alpha value is -1.46. The predicted octanol–water partition coefficient (Wildman–Crippen LogP) is 0.825. The normalized spacial score (nSPS) is 20.0. The van der Waals surface area contributed by atoms with E-state index in [-0.39, 0.29) is 18.6 Å². The van der Waals surface area contributed by atoms with E-state index in [1.165, 1.54) is 7.11 Å². The number of hydrogen-bond acceptors (Lipinski definition) is 5. The van der Waals surface area contributed by atoms with Gasteiger partial charge in [-0.1, -0.05) is 0 Å². The van der Waals surface area contributed by atoms with Crippen LogP contribution in [0.3, 0.4) is 0 Å². The third-order valence-corrected chi connectivity index (χ3v) is 3.36. The van der Waals surface area contributed by atoms with Crippen LogP contribution in [0.25, 0.3) is 0 Å². The number of aliphatic hydroxyl groups is 1. The van der Waals surface area contributed by atoms with Crippen molar-refractivity contribution in [2.75, 3.05) is 20.3 Å². The van der Waals surface area contributed by atoms with Crippen LogP contribution in [0.5, 0.6) is 0 Å². The number of pyridine rings is 1. The zero-order valence-corrected chi connectivity index (χ0v) is 10.5. The summed E-state index contributed by atoms with van der Waals surface area (Å²) in [6, 6.07) is 3.62. The zero-order valence-electron chi connectivity index (χ0n) is 10.5. The quantitative estimate of drug-likeness (QED) is 0.802. The molecule has 1 fully saturated rings. The van der Waals surface area contributed by atoms with Crippen molar-refractivity contribution in [2.45, 2.75) is 25.4 Å². The SMILES string of the molecule is COC(=O)c1cccnc1CN1CCCC1CO. The van der Waals surface area contributed by atoms with Crippen LogP contribution in [0.4, 0.5) is 0 Å². The number of hydrogen-bond donors (Lipinski definition) is 1.